The van der Waals surface area contributed by atoms with Crippen LogP contribution >= 0.6 is 23.2 Å². The summed E-state index contributed by atoms with van der Waals surface area (Å²) in [6.45, 7) is 4.83. The highest BCUT2D eigenvalue weighted by molar-refractivity contribution is 6.32. The number of halogens is 3. The van der Waals surface area contributed by atoms with Crippen LogP contribution in [0.4, 0.5) is 4.39 Å². The van der Waals surface area contributed by atoms with Gasteiger partial charge in [-0.05, 0) is 54.8 Å². The molecule has 2 aromatic carbocycles. The third-order valence-electron chi connectivity index (χ3n) is 3.40. The second-order valence-electron chi connectivity index (χ2n) is 5.03. The molecule has 1 atom stereocenters. The first kappa shape index (κ1) is 16.3. The fraction of sp³-hybridized carbons (Fsp3) is 0.294. The molecule has 0 bridgehead atoms. The largest absolute Gasteiger partial charge is 0.306 e. The van der Waals surface area contributed by atoms with E-state index in [1.165, 1.54) is 12.1 Å². The lowest BCUT2D eigenvalue weighted by Crippen LogP contribution is -2.24. The van der Waals surface area contributed by atoms with E-state index >= 15 is 0 Å². The molecule has 0 spiro atoms. The summed E-state index contributed by atoms with van der Waals surface area (Å²) in [5.74, 6) is -0.304. The maximum Gasteiger partial charge on any atom is 0.123 e. The van der Waals surface area contributed by atoms with Crippen LogP contribution in [-0.4, -0.2) is 6.54 Å². The fourth-order valence-corrected chi connectivity index (χ4v) is 2.77. The molecule has 0 saturated heterocycles. The zero-order valence-corrected chi connectivity index (χ0v) is 13.6. The van der Waals surface area contributed by atoms with Gasteiger partial charge in [-0.15, -0.1) is 0 Å². The molecule has 0 aliphatic heterocycles. The highest BCUT2D eigenvalue weighted by Gasteiger charge is 2.20. The Bertz CT molecular complexity index is 626. The van der Waals surface area contributed by atoms with Gasteiger partial charge in [0.15, 0.2) is 0 Å². The minimum atomic E-state index is -0.304. The van der Waals surface area contributed by atoms with Crippen molar-refractivity contribution < 1.29 is 4.39 Å². The van der Waals surface area contributed by atoms with E-state index in [0.717, 1.165) is 24.1 Å². The first-order chi connectivity index (χ1) is 10.0. The summed E-state index contributed by atoms with van der Waals surface area (Å²) in [5.41, 5.74) is 2.61. The second kappa shape index (κ2) is 7.26. The average Bonchev–Trinajstić information content (AvgIpc) is 2.47. The zero-order chi connectivity index (χ0) is 15.4. The van der Waals surface area contributed by atoms with Crippen LogP contribution in [0.15, 0.2) is 36.4 Å². The number of hydrogen-bond donors (Lipinski definition) is 1. The molecule has 112 valence electrons. The standard InChI is InChI=1S/C17H18Cl2FN/c1-3-9-21-17(13-6-4-5-11(2)16(13)19)14-10-12(20)7-8-15(14)18/h4-8,10,17,21H,3,9H2,1-2H3. The van der Waals surface area contributed by atoms with E-state index in [9.17, 15) is 4.39 Å². The van der Waals surface area contributed by atoms with Crippen LogP contribution in [0.1, 0.15) is 36.1 Å². The molecule has 0 saturated carbocycles. The van der Waals surface area contributed by atoms with Gasteiger partial charge in [-0.25, -0.2) is 4.39 Å². The summed E-state index contributed by atoms with van der Waals surface area (Å²) in [5, 5.41) is 4.62. The molecule has 1 nitrogen and oxygen atoms in total. The van der Waals surface area contributed by atoms with Crippen LogP contribution in [0.25, 0.3) is 0 Å². The Morgan fingerprint density at radius 1 is 1.14 bits per heavy atom. The smallest absolute Gasteiger partial charge is 0.123 e. The molecule has 1 unspecified atom stereocenters. The molecule has 1 N–H and O–H groups in total. The maximum absolute atomic E-state index is 13.6. The SMILES string of the molecule is CCCNC(c1cc(F)ccc1Cl)c1cccc(C)c1Cl. The van der Waals surface area contributed by atoms with Crippen molar-refractivity contribution in [2.75, 3.05) is 6.54 Å². The van der Waals surface area contributed by atoms with Crippen LogP contribution < -0.4 is 5.32 Å². The van der Waals surface area contributed by atoms with Gasteiger partial charge < -0.3 is 5.32 Å². The molecule has 21 heavy (non-hydrogen) atoms. The molecule has 0 aliphatic rings. The number of aryl methyl sites for hydroxylation is 1. The van der Waals surface area contributed by atoms with Crippen molar-refractivity contribution >= 4 is 23.2 Å². The lowest BCUT2D eigenvalue weighted by molar-refractivity contribution is 0.585. The van der Waals surface area contributed by atoms with Gasteiger partial charge in [-0.3, -0.25) is 0 Å². The first-order valence-corrected chi connectivity index (χ1v) is 7.73. The summed E-state index contributed by atoms with van der Waals surface area (Å²) in [6, 6.07) is 10.0. The van der Waals surface area contributed by atoms with Gasteiger partial charge in [0.05, 0.1) is 6.04 Å². The molecular formula is C17H18Cl2FN. The van der Waals surface area contributed by atoms with Gasteiger partial charge in [-0.1, -0.05) is 48.3 Å². The van der Waals surface area contributed by atoms with Gasteiger partial charge in [0.25, 0.3) is 0 Å². The van der Waals surface area contributed by atoms with Gasteiger partial charge in [-0.2, -0.15) is 0 Å². The highest BCUT2D eigenvalue weighted by atomic mass is 35.5. The Morgan fingerprint density at radius 3 is 2.62 bits per heavy atom. The Morgan fingerprint density at radius 2 is 1.90 bits per heavy atom. The van der Waals surface area contributed by atoms with Gasteiger partial charge >= 0.3 is 0 Å². The Hall–Kier alpha value is -1.09. The normalized spacial score (nSPS) is 12.4. The van der Waals surface area contributed by atoms with Crippen molar-refractivity contribution in [3.63, 3.8) is 0 Å². The highest BCUT2D eigenvalue weighted by Crippen LogP contribution is 2.34. The summed E-state index contributed by atoms with van der Waals surface area (Å²) in [4.78, 5) is 0. The van der Waals surface area contributed by atoms with E-state index in [1.807, 2.05) is 25.1 Å². The third kappa shape index (κ3) is 3.76. The van der Waals surface area contributed by atoms with Crippen molar-refractivity contribution in [2.24, 2.45) is 0 Å². The van der Waals surface area contributed by atoms with Crippen molar-refractivity contribution in [1.29, 1.82) is 0 Å². The molecule has 2 rings (SSSR count). The number of rotatable bonds is 5. The van der Waals surface area contributed by atoms with Crippen LogP contribution in [-0.2, 0) is 0 Å². The number of benzene rings is 2. The minimum absolute atomic E-state index is 0.222. The number of hydrogen-bond acceptors (Lipinski definition) is 1. The molecule has 0 fully saturated rings. The van der Waals surface area contributed by atoms with Crippen molar-refractivity contribution in [1.82, 2.24) is 5.32 Å². The lowest BCUT2D eigenvalue weighted by atomic mass is 9.96. The Labute approximate surface area is 135 Å². The molecule has 0 radical (unpaired) electrons. The predicted molar refractivity (Wildman–Crippen MR) is 87.7 cm³/mol. The van der Waals surface area contributed by atoms with Crippen molar-refractivity contribution in [2.45, 2.75) is 26.3 Å². The van der Waals surface area contributed by atoms with Crippen molar-refractivity contribution in [3.8, 4) is 0 Å². The molecule has 0 aliphatic carbocycles. The van der Waals surface area contributed by atoms with E-state index in [1.54, 1.807) is 6.07 Å². The minimum Gasteiger partial charge on any atom is -0.306 e. The quantitative estimate of drug-likeness (QED) is 0.762. The van der Waals surface area contributed by atoms with E-state index in [-0.39, 0.29) is 11.9 Å². The van der Waals surface area contributed by atoms with E-state index in [4.69, 9.17) is 23.2 Å². The van der Waals surface area contributed by atoms with E-state index < -0.39 is 0 Å². The zero-order valence-electron chi connectivity index (χ0n) is 12.1. The topological polar surface area (TPSA) is 12.0 Å². The third-order valence-corrected chi connectivity index (χ3v) is 4.26. The van der Waals surface area contributed by atoms with Gasteiger partial charge in [0.2, 0.25) is 0 Å². The maximum atomic E-state index is 13.6. The number of nitrogens with one attached hydrogen (secondary N) is 1. The monoisotopic (exact) mass is 325 g/mol. The molecule has 0 aromatic heterocycles. The molecular weight excluding hydrogens is 308 g/mol. The Kier molecular flexibility index (Phi) is 5.63. The summed E-state index contributed by atoms with van der Waals surface area (Å²) in [7, 11) is 0. The first-order valence-electron chi connectivity index (χ1n) is 6.98. The van der Waals surface area contributed by atoms with Gasteiger partial charge in [0, 0.05) is 10.0 Å². The molecule has 2 aromatic rings. The summed E-state index contributed by atoms with van der Waals surface area (Å²) in [6.07, 6.45) is 0.965. The van der Waals surface area contributed by atoms with Crippen LogP contribution in [0.2, 0.25) is 10.0 Å². The van der Waals surface area contributed by atoms with Crippen LogP contribution in [0.3, 0.4) is 0 Å². The molecule has 4 heteroatoms. The molecule has 0 amide bonds. The average molecular weight is 326 g/mol. The lowest BCUT2D eigenvalue weighted by Gasteiger charge is -2.22. The van der Waals surface area contributed by atoms with Crippen LogP contribution in [0.5, 0.6) is 0 Å². The predicted octanol–water partition coefficient (Wildman–Crippen LogP) is 5.53. The van der Waals surface area contributed by atoms with Crippen molar-refractivity contribution in [3.05, 3.63) is 69.0 Å². The Balaban J connectivity index is 2.52. The van der Waals surface area contributed by atoms with Gasteiger partial charge in [0.1, 0.15) is 5.82 Å². The summed E-state index contributed by atoms with van der Waals surface area (Å²) < 4.78 is 13.6. The molecule has 0 heterocycles. The summed E-state index contributed by atoms with van der Waals surface area (Å²) >= 11 is 12.7. The van der Waals surface area contributed by atoms with Crippen LogP contribution in [0, 0.1) is 12.7 Å². The van der Waals surface area contributed by atoms with E-state index in [0.29, 0.717) is 15.6 Å². The second-order valence-corrected chi connectivity index (χ2v) is 5.82. The van der Waals surface area contributed by atoms with E-state index in [2.05, 4.69) is 12.2 Å². The fourth-order valence-electron chi connectivity index (χ4n) is 2.31.